The van der Waals surface area contributed by atoms with Gasteiger partial charge in [0.05, 0.1) is 43.0 Å². The summed E-state index contributed by atoms with van der Waals surface area (Å²) >= 11 is -1.94. The molecule has 0 radical (unpaired) electrons. The van der Waals surface area contributed by atoms with E-state index in [1.807, 2.05) is 6.92 Å². The summed E-state index contributed by atoms with van der Waals surface area (Å²) in [5.74, 6) is 0.289. The summed E-state index contributed by atoms with van der Waals surface area (Å²) in [6.45, 7) is 3.64. The zero-order chi connectivity index (χ0) is 29.2. The monoisotopic (exact) mass is 611 g/mol. The molecule has 4 aromatic rings. The predicted octanol–water partition coefficient (Wildman–Crippen LogP) is 2.99. The maximum absolute atomic E-state index is 14.1. The van der Waals surface area contributed by atoms with Crippen molar-refractivity contribution in [3.63, 3.8) is 0 Å². The van der Waals surface area contributed by atoms with Crippen LogP contribution in [0.15, 0.2) is 52.6 Å². The average molecular weight is 612 g/mol. The fourth-order valence-corrected chi connectivity index (χ4v) is 7.48. The Morgan fingerprint density at radius 3 is 2.44 bits per heavy atom. The van der Waals surface area contributed by atoms with Crippen LogP contribution in [0, 0.1) is 13.8 Å². The van der Waals surface area contributed by atoms with Gasteiger partial charge in [0.25, 0.3) is 10.0 Å². The van der Waals surface area contributed by atoms with Crippen LogP contribution in [0.5, 0.6) is 17.2 Å². The Kier molecular flexibility index (Phi) is 10.7. The number of rotatable bonds is 11. The van der Waals surface area contributed by atoms with Crippen molar-refractivity contribution in [1.29, 1.82) is 0 Å². The Labute approximate surface area is 263 Å². The molecule has 2 aromatic heterocycles. The average Bonchev–Trinajstić information content (AvgIpc) is 3.33. The molecule has 2 heterocycles. The number of fused-ring (bicyclic) bond motifs is 1. The molecule has 14 heteroatoms. The number of imidazole rings is 1. The number of carboxylic acids is 1. The van der Waals surface area contributed by atoms with Crippen LogP contribution in [0.25, 0.3) is 11.0 Å². The minimum atomic E-state index is -4.35. The van der Waals surface area contributed by atoms with Gasteiger partial charge >= 0.3 is 40.7 Å². The molecular formula is C27H30N3NaO8S2. The number of aryl methyl sites for hydroxylation is 2. The number of hydrogen-bond acceptors (Lipinski definition) is 9. The van der Waals surface area contributed by atoms with E-state index in [0.717, 1.165) is 9.54 Å². The van der Waals surface area contributed by atoms with Gasteiger partial charge in [0.1, 0.15) is 17.2 Å². The van der Waals surface area contributed by atoms with Crippen molar-refractivity contribution >= 4 is 67.8 Å². The number of nitrogens with zero attached hydrogens (tertiary/aromatic N) is 3. The number of aromatic nitrogens is 3. The van der Waals surface area contributed by atoms with Gasteiger partial charge < -0.3 is 23.9 Å². The summed E-state index contributed by atoms with van der Waals surface area (Å²) in [6, 6.07) is 8.88. The van der Waals surface area contributed by atoms with Gasteiger partial charge in [-0.15, -0.1) is 0 Å². The van der Waals surface area contributed by atoms with Gasteiger partial charge in [-0.05, 0) is 56.2 Å². The molecule has 4 rings (SSSR count). The summed E-state index contributed by atoms with van der Waals surface area (Å²) in [4.78, 5) is 19.9. The van der Waals surface area contributed by atoms with Crippen molar-refractivity contribution in [2.75, 3.05) is 21.3 Å². The molecule has 1 unspecified atom stereocenters. The maximum atomic E-state index is 14.1. The molecule has 0 aliphatic heterocycles. The number of carboxylic acid groups (broad SMARTS) is 1. The van der Waals surface area contributed by atoms with Gasteiger partial charge in [-0.3, -0.25) is 9.78 Å². The van der Waals surface area contributed by atoms with E-state index in [1.54, 1.807) is 25.3 Å². The number of ether oxygens (including phenoxy) is 3. The molecule has 0 aliphatic rings. The van der Waals surface area contributed by atoms with Crippen LogP contribution < -0.4 is 14.2 Å². The van der Waals surface area contributed by atoms with Gasteiger partial charge in [0.2, 0.25) is 0 Å². The molecule has 41 heavy (non-hydrogen) atoms. The summed E-state index contributed by atoms with van der Waals surface area (Å²) in [6.07, 6.45) is 1.46. The van der Waals surface area contributed by atoms with Crippen LogP contribution in [0.3, 0.4) is 0 Å². The van der Waals surface area contributed by atoms with Crippen molar-refractivity contribution in [2.45, 2.75) is 42.5 Å². The third-order valence-corrected chi connectivity index (χ3v) is 9.44. The Morgan fingerprint density at radius 1 is 1.07 bits per heavy atom. The number of hydrogen-bond donors (Lipinski definition) is 1. The molecule has 0 spiro atoms. The van der Waals surface area contributed by atoms with Crippen LogP contribution in [0.2, 0.25) is 0 Å². The SMILES string of the molecule is COc1ccc2c(c1)nc([S+]([O-])Cc1ncc(C)c(OC)c1C)n2S(=O)(=O)c1ccc(OC)c(CCC(=O)O)c1.[NaH]. The van der Waals surface area contributed by atoms with Crippen LogP contribution >= 0.6 is 0 Å². The zero-order valence-electron chi connectivity index (χ0n) is 22.6. The first-order chi connectivity index (χ1) is 19.0. The topological polar surface area (TPSA) is 153 Å². The van der Waals surface area contributed by atoms with Gasteiger partial charge in [-0.1, -0.05) is 0 Å². The molecule has 11 nitrogen and oxygen atoms in total. The van der Waals surface area contributed by atoms with Gasteiger partial charge in [0, 0.05) is 41.0 Å². The van der Waals surface area contributed by atoms with Crippen molar-refractivity contribution in [3.05, 3.63) is 65.0 Å². The van der Waals surface area contributed by atoms with Gasteiger partial charge in [-0.2, -0.15) is 8.96 Å². The molecular weight excluding hydrogens is 581 g/mol. The quantitative estimate of drug-likeness (QED) is 0.198. The standard InChI is InChI=1S/C27H29N3O8S2.Na.H/c1-16-14-28-22(17(2)26(16)38-5)15-39(33)27-29-21-13-19(36-3)7-9-23(21)30(27)40(34,35)20-8-10-24(37-4)18(12-20)6-11-25(31)32;;/h7-10,12-14H,6,11,15H2,1-5H3,(H,31,32);;. The number of pyridine rings is 1. The molecule has 0 saturated heterocycles. The number of benzene rings is 2. The molecule has 2 aromatic carbocycles. The fourth-order valence-electron chi connectivity index (χ4n) is 4.38. The summed E-state index contributed by atoms with van der Waals surface area (Å²) in [7, 11) is 0.0774. The van der Waals surface area contributed by atoms with Crippen LogP contribution in [0.1, 0.15) is 28.8 Å². The van der Waals surface area contributed by atoms with Crippen molar-refractivity contribution in [1.82, 2.24) is 13.9 Å². The minimum absolute atomic E-state index is 0. The van der Waals surface area contributed by atoms with Crippen molar-refractivity contribution in [2.24, 2.45) is 0 Å². The van der Waals surface area contributed by atoms with E-state index < -0.39 is 27.2 Å². The summed E-state index contributed by atoms with van der Waals surface area (Å²) in [5.41, 5.74) is 2.88. The third-order valence-electron chi connectivity index (χ3n) is 6.41. The number of aliphatic carboxylic acids is 1. The first-order valence-corrected chi connectivity index (χ1v) is 14.9. The van der Waals surface area contributed by atoms with Gasteiger partial charge in [-0.25, -0.2) is 8.42 Å². The van der Waals surface area contributed by atoms with E-state index in [9.17, 15) is 17.8 Å². The van der Waals surface area contributed by atoms with Crippen LogP contribution in [0.4, 0.5) is 0 Å². The van der Waals surface area contributed by atoms with Crippen LogP contribution in [-0.2, 0) is 38.2 Å². The molecule has 1 atom stereocenters. The molecule has 0 fully saturated rings. The molecule has 0 amide bonds. The molecule has 0 aliphatic carbocycles. The fraction of sp³-hybridized carbons (Fsp3) is 0.296. The van der Waals surface area contributed by atoms with Crippen molar-refractivity contribution < 1.29 is 37.1 Å². The van der Waals surface area contributed by atoms with E-state index in [1.165, 1.54) is 45.6 Å². The number of methoxy groups -OCH3 is 3. The third kappa shape index (κ3) is 6.65. The Hall–Kier alpha value is -2.81. The molecule has 0 saturated carbocycles. The van der Waals surface area contributed by atoms with E-state index >= 15 is 0 Å². The van der Waals surface area contributed by atoms with Gasteiger partial charge in [0.15, 0.2) is 5.75 Å². The van der Waals surface area contributed by atoms with Crippen molar-refractivity contribution in [3.8, 4) is 17.2 Å². The molecule has 1 N–H and O–H groups in total. The van der Waals surface area contributed by atoms with E-state index in [2.05, 4.69) is 9.97 Å². The normalized spacial score (nSPS) is 12.0. The first kappa shape index (κ1) is 32.7. The Bertz CT molecular complexity index is 1690. The molecule has 214 valence electrons. The first-order valence-electron chi connectivity index (χ1n) is 12.1. The number of carbonyl (C=O) groups is 1. The van der Waals surface area contributed by atoms with Crippen LogP contribution in [-0.4, -0.2) is 88.9 Å². The Balaban J connectivity index is 0.00000462. The second-order valence-corrected chi connectivity index (χ2v) is 12.1. The van der Waals surface area contributed by atoms with E-state index in [0.29, 0.717) is 34.1 Å². The second kappa shape index (κ2) is 13.4. The zero-order valence-corrected chi connectivity index (χ0v) is 24.3. The second-order valence-electron chi connectivity index (χ2n) is 8.92. The van der Waals surface area contributed by atoms with E-state index in [4.69, 9.17) is 19.3 Å². The Morgan fingerprint density at radius 2 is 1.80 bits per heavy atom. The van der Waals surface area contributed by atoms with E-state index in [-0.39, 0.29) is 69.2 Å². The molecule has 0 bridgehead atoms. The summed E-state index contributed by atoms with van der Waals surface area (Å²) < 4.78 is 59.0. The predicted molar refractivity (Wildman–Crippen MR) is 155 cm³/mol. The summed E-state index contributed by atoms with van der Waals surface area (Å²) in [5, 5.41) is 8.95.